The van der Waals surface area contributed by atoms with E-state index in [2.05, 4.69) is 15.9 Å². The Balaban J connectivity index is 2.35. The second kappa shape index (κ2) is 5.87. The SMILES string of the molecule is COc1ccc(S(=O)(=O)N2CCC(N)C(C)(C)C2)c(Br)c1. The maximum Gasteiger partial charge on any atom is 0.244 e. The second-order valence-electron chi connectivity index (χ2n) is 6.02. The molecule has 1 fully saturated rings. The molecule has 1 atom stereocenters. The van der Waals surface area contributed by atoms with Crippen LogP contribution in [0.5, 0.6) is 5.75 Å². The van der Waals surface area contributed by atoms with Crippen LogP contribution in [0.1, 0.15) is 20.3 Å². The minimum Gasteiger partial charge on any atom is -0.497 e. The number of hydrogen-bond donors (Lipinski definition) is 1. The Morgan fingerprint density at radius 2 is 2.10 bits per heavy atom. The van der Waals surface area contributed by atoms with Crippen molar-refractivity contribution in [1.82, 2.24) is 4.31 Å². The van der Waals surface area contributed by atoms with Gasteiger partial charge >= 0.3 is 0 Å². The summed E-state index contributed by atoms with van der Waals surface area (Å²) in [6, 6.07) is 4.90. The lowest BCUT2D eigenvalue weighted by Gasteiger charge is -2.41. The summed E-state index contributed by atoms with van der Waals surface area (Å²) in [6.45, 7) is 4.88. The van der Waals surface area contributed by atoms with Crippen molar-refractivity contribution in [2.45, 2.75) is 31.2 Å². The third kappa shape index (κ3) is 3.26. The molecule has 2 rings (SSSR count). The third-order valence-electron chi connectivity index (χ3n) is 4.03. The highest BCUT2D eigenvalue weighted by atomic mass is 79.9. The van der Waals surface area contributed by atoms with E-state index in [-0.39, 0.29) is 16.4 Å². The molecule has 1 saturated heterocycles. The molecule has 1 aliphatic heterocycles. The molecule has 0 aromatic heterocycles. The van der Waals surface area contributed by atoms with Crippen LogP contribution in [0.4, 0.5) is 0 Å². The molecule has 1 aliphatic rings. The van der Waals surface area contributed by atoms with Gasteiger partial charge in [-0.3, -0.25) is 0 Å². The van der Waals surface area contributed by atoms with Crippen molar-refractivity contribution in [3.05, 3.63) is 22.7 Å². The van der Waals surface area contributed by atoms with Crippen LogP contribution in [0.25, 0.3) is 0 Å². The summed E-state index contributed by atoms with van der Waals surface area (Å²) < 4.78 is 32.8. The van der Waals surface area contributed by atoms with Gasteiger partial charge in [0.25, 0.3) is 0 Å². The first-order valence-corrected chi connectivity index (χ1v) is 9.01. The Hall–Kier alpha value is -0.630. The van der Waals surface area contributed by atoms with Crippen molar-refractivity contribution < 1.29 is 13.2 Å². The van der Waals surface area contributed by atoms with E-state index in [1.807, 2.05) is 13.8 Å². The summed E-state index contributed by atoms with van der Waals surface area (Å²) in [5.41, 5.74) is 5.85. The van der Waals surface area contributed by atoms with Gasteiger partial charge in [-0.25, -0.2) is 8.42 Å². The number of piperidine rings is 1. The van der Waals surface area contributed by atoms with E-state index in [9.17, 15) is 8.42 Å². The smallest absolute Gasteiger partial charge is 0.244 e. The first-order chi connectivity index (χ1) is 9.68. The lowest BCUT2D eigenvalue weighted by molar-refractivity contribution is 0.155. The summed E-state index contributed by atoms with van der Waals surface area (Å²) in [5.74, 6) is 0.613. The first kappa shape index (κ1) is 16.7. The van der Waals surface area contributed by atoms with E-state index < -0.39 is 10.0 Å². The van der Waals surface area contributed by atoms with E-state index in [4.69, 9.17) is 10.5 Å². The average Bonchev–Trinajstić information content (AvgIpc) is 2.41. The number of rotatable bonds is 3. The van der Waals surface area contributed by atoms with Crippen LogP contribution in [0, 0.1) is 5.41 Å². The van der Waals surface area contributed by atoms with Crippen molar-refractivity contribution in [2.24, 2.45) is 11.1 Å². The molecule has 0 bridgehead atoms. The average molecular weight is 377 g/mol. The number of nitrogens with zero attached hydrogens (tertiary/aromatic N) is 1. The van der Waals surface area contributed by atoms with Gasteiger partial charge in [0, 0.05) is 23.6 Å². The molecule has 5 nitrogen and oxygen atoms in total. The Morgan fingerprint density at radius 3 is 2.62 bits per heavy atom. The molecule has 1 aromatic carbocycles. The van der Waals surface area contributed by atoms with Gasteiger partial charge in [-0.2, -0.15) is 4.31 Å². The molecule has 1 aromatic rings. The lowest BCUT2D eigenvalue weighted by atomic mass is 9.81. The summed E-state index contributed by atoms with van der Waals surface area (Å²) in [5, 5.41) is 0. The van der Waals surface area contributed by atoms with Gasteiger partial charge in [-0.05, 0) is 46.0 Å². The van der Waals surface area contributed by atoms with Crippen LogP contribution in [0.2, 0.25) is 0 Å². The normalized spacial score (nSPS) is 23.0. The molecule has 0 aliphatic carbocycles. The van der Waals surface area contributed by atoms with Crippen LogP contribution < -0.4 is 10.5 Å². The quantitative estimate of drug-likeness (QED) is 0.877. The summed E-state index contributed by atoms with van der Waals surface area (Å²) >= 11 is 3.32. The second-order valence-corrected chi connectivity index (χ2v) is 8.78. The topological polar surface area (TPSA) is 72.6 Å². The van der Waals surface area contributed by atoms with Crippen molar-refractivity contribution in [2.75, 3.05) is 20.2 Å². The van der Waals surface area contributed by atoms with Gasteiger partial charge in [0.2, 0.25) is 10.0 Å². The molecule has 0 radical (unpaired) electrons. The van der Waals surface area contributed by atoms with Gasteiger partial charge in [-0.1, -0.05) is 13.8 Å². The van der Waals surface area contributed by atoms with E-state index in [1.54, 1.807) is 25.3 Å². The zero-order valence-electron chi connectivity index (χ0n) is 12.5. The van der Waals surface area contributed by atoms with Crippen molar-refractivity contribution >= 4 is 26.0 Å². The predicted octanol–water partition coefficient (Wildman–Crippen LogP) is 2.21. The van der Waals surface area contributed by atoms with Crippen LogP contribution >= 0.6 is 15.9 Å². The Bertz CT molecular complexity index is 631. The zero-order chi connectivity index (χ0) is 15.8. The fourth-order valence-corrected chi connectivity index (χ4v) is 5.13. The molecule has 0 amide bonds. The summed E-state index contributed by atoms with van der Waals surface area (Å²) in [4.78, 5) is 0.259. The van der Waals surface area contributed by atoms with Crippen molar-refractivity contribution in [1.29, 1.82) is 0 Å². The van der Waals surface area contributed by atoms with Crippen LogP contribution in [-0.4, -0.2) is 39.0 Å². The number of nitrogens with two attached hydrogens (primary N) is 1. The van der Waals surface area contributed by atoms with E-state index in [0.717, 1.165) is 0 Å². The Morgan fingerprint density at radius 1 is 1.43 bits per heavy atom. The number of methoxy groups -OCH3 is 1. The molecule has 21 heavy (non-hydrogen) atoms. The lowest BCUT2D eigenvalue weighted by Crippen LogP contribution is -2.53. The summed E-state index contributed by atoms with van der Waals surface area (Å²) in [6.07, 6.45) is 0.667. The van der Waals surface area contributed by atoms with Gasteiger partial charge in [0.05, 0.1) is 12.0 Å². The van der Waals surface area contributed by atoms with E-state index >= 15 is 0 Å². The summed E-state index contributed by atoms with van der Waals surface area (Å²) in [7, 11) is -1.99. The minimum atomic E-state index is -3.54. The third-order valence-corrected chi connectivity index (χ3v) is 6.86. The number of benzene rings is 1. The van der Waals surface area contributed by atoms with Gasteiger partial charge < -0.3 is 10.5 Å². The fraction of sp³-hybridized carbons (Fsp3) is 0.571. The highest BCUT2D eigenvalue weighted by Gasteiger charge is 2.39. The molecule has 1 heterocycles. The number of hydrogen-bond acceptors (Lipinski definition) is 4. The van der Waals surface area contributed by atoms with Crippen molar-refractivity contribution in [3.63, 3.8) is 0 Å². The van der Waals surface area contributed by atoms with Gasteiger partial charge in [-0.15, -0.1) is 0 Å². The molecule has 118 valence electrons. The molecule has 0 saturated carbocycles. The number of sulfonamides is 1. The van der Waals surface area contributed by atoms with Gasteiger partial charge in [0.15, 0.2) is 0 Å². The number of halogens is 1. The fourth-order valence-electron chi connectivity index (χ4n) is 2.49. The minimum absolute atomic E-state index is 0.0169. The maximum absolute atomic E-state index is 12.8. The first-order valence-electron chi connectivity index (χ1n) is 6.78. The molecule has 0 spiro atoms. The Kier molecular flexibility index (Phi) is 4.68. The van der Waals surface area contributed by atoms with E-state index in [1.165, 1.54) is 4.31 Å². The molecule has 7 heteroatoms. The maximum atomic E-state index is 12.8. The zero-order valence-corrected chi connectivity index (χ0v) is 14.9. The van der Waals surface area contributed by atoms with Crippen LogP contribution in [0.15, 0.2) is 27.6 Å². The van der Waals surface area contributed by atoms with Gasteiger partial charge in [0.1, 0.15) is 5.75 Å². The van der Waals surface area contributed by atoms with Crippen LogP contribution in [0.3, 0.4) is 0 Å². The van der Waals surface area contributed by atoms with Crippen LogP contribution in [-0.2, 0) is 10.0 Å². The monoisotopic (exact) mass is 376 g/mol. The molecular weight excluding hydrogens is 356 g/mol. The highest BCUT2D eigenvalue weighted by Crippen LogP contribution is 2.34. The van der Waals surface area contributed by atoms with Crippen molar-refractivity contribution in [3.8, 4) is 5.75 Å². The predicted molar refractivity (Wildman–Crippen MR) is 85.8 cm³/mol. The molecular formula is C14H21BrN2O3S. The van der Waals surface area contributed by atoms with E-state index in [0.29, 0.717) is 29.7 Å². The highest BCUT2D eigenvalue weighted by molar-refractivity contribution is 9.10. The molecule has 1 unspecified atom stereocenters. The standard InChI is InChI=1S/C14H21BrN2O3S/c1-14(2)9-17(7-6-13(14)16)21(18,19)12-5-4-10(20-3)8-11(12)15/h4-5,8,13H,6-7,9,16H2,1-3H3. The largest absolute Gasteiger partial charge is 0.497 e. The number of ether oxygens (including phenoxy) is 1. The molecule has 2 N–H and O–H groups in total. The Labute approximate surface area is 134 Å².